The minimum Gasteiger partial charge on any atom is -0.469 e. The fourth-order valence-corrected chi connectivity index (χ4v) is 1.78. The van der Waals surface area contributed by atoms with Crippen LogP contribution in [0, 0.1) is 5.92 Å². The van der Waals surface area contributed by atoms with Crippen LogP contribution in [-0.4, -0.2) is 19.1 Å². The summed E-state index contributed by atoms with van der Waals surface area (Å²) in [4.78, 5) is 11.2. The third-order valence-electron chi connectivity index (χ3n) is 2.50. The predicted octanol–water partition coefficient (Wildman–Crippen LogP) is 1.07. The molecule has 1 saturated carbocycles. The third kappa shape index (κ3) is 2.48. The Morgan fingerprint density at radius 2 is 2.08 bits per heavy atom. The van der Waals surface area contributed by atoms with Crippen molar-refractivity contribution in [3.05, 3.63) is 0 Å². The van der Waals surface area contributed by atoms with E-state index in [4.69, 9.17) is 10.5 Å². The van der Waals surface area contributed by atoms with Crippen molar-refractivity contribution in [1.82, 2.24) is 0 Å². The average Bonchev–Trinajstić information content (AvgIpc) is 2.28. The lowest BCUT2D eigenvalue weighted by Gasteiger charge is -2.13. The van der Waals surface area contributed by atoms with Gasteiger partial charge in [-0.1, -0.05) is 12.8 Å². The van der Waals surface area contributed by atoms with Crippen molar-refractivity contribution in [3.63, 3.8) is 0 Å². The van der Waals surface area contributed by atoms with Gasteiger partial charge in [-0.25, -0.2) is 0 Å². The molecule has 0 radical (unpaired) electrons. The van der Waals surface area contributed by atoms with Crippen LogP contribution in [-0.2, 0) is 9.53 Å². The van der Waals surface area contributed by atoms with E-state index in [1.54, 1.807) is 0 Å². The van der Waals surface area contributed by atoms with E-state index < -0.39 is 0 Å². The van der Waals surface area contributed by atoms with Crippen molar-refractivity contribution >= 4 is 5.97 Å². The van der Waals surface area contributed by atoms with Crippen molar-refractivity contribution in [2.45, 2.75) is 38.1 Å². The zero-order valence-corrected chi connectivity index (χ0v) is 7.58. The second-order valence-corrected chi connectivity index (χ2v) is 3.50. The number of esters is 1. The maximum absolute atomic E-state index is 11.2. The van der Waals surface area contributed by atoms with E-state index in [1.165, 1.54) is 7.11 Å². The normalized spacial score (nSPS) is 30.8. The summed E-state index contributed by atoms with van der Waals surface area (Å²) in [6.45, 7) is 0. The molecule has 70 valence electrons. The lowest BCUT2D eigenvalue weighted by atomic mass is 9.99. The Balaban J connectivity index is 2.46. The number of nitrogens with two attached hydrogens (primary N) is 1. The molecule has 3 heteroatoms. The molecule has 0 aromatic rings. The first-order valence-electron chi connectivity index (χ1n) is 4.57. The molecule has 0 spiro atoms. The summed E-state index contributed by atoms with van der Waals surface area (Å²) in [6, 6.07) is 0.191. The van der Waals surface area contributed by atoms with Crippen molar-refractivity contribution in [2.24, 2.45) is 11.7 Å². The Kier molecular flexibility index (Phi) is 3.53. The van der Waals surface area contributed by atoms with Crippen molar-refractivity contribution in [2.75, 3.05) is 7.11 Å². The van der Waals surface area contributed by atoms with Crippen molar-refractivity contribution in [3.8, 4) is 0 Å². The van der Waals surface area contributed by atoms with Crippen LogP contribution in [0.25, 0.3) is 0 Å². The van der Waals surface area contributed by atoms with Gasteiger partial charge in [-0.3, -0.25) is 4.79 Å². The molecule has 0 saturated heterocycles. The molecule has 0 aliphatic heterocycles. The highest BCUT2D eigenvalue weighted by Crippen LogP contribution is 2.22. The predicted molar refractivity (Wildman–Crippen MR) is 46.6 cm³/mol. The van der Waals surface area contributed by atoms with Crippen LogP contribution < -0.4 is 5.73 Å². The lowest BCUT2D eigenvalue weighted by Crippen LogP contribution is -2.25. The standard InChI is InChI=1S/C9H17NO2/c1-12-9(11)7-4-2-3-5-8(10)6-7/h7-8H,2-6,10H2,1H3. The van der Waals surface area contributed by atoms with Crippen LogP contribution in [0.1, 0.15) is 32.1 Å². The van der Waals surface area contributed by atoms with Gasteiger partial charge in [-0.2, -0.15) is 0 Å². The van der Waals surface area contributed by atoms with E-state index in [9.17, 15) is 4.79 Å². The average molecular weight is 171 g/mol. The molecule has 0 amide bonds. The summed E-state index contributed by atoms with van der Waals surface area (Å²) in [5.74, 6) is -0.0418. The van der Waals surface area contributed by atoms with Gasteiger partial charge in [0.05, 0.1) is 13.0 Å². The molecule has 2 atom stereocenters. The number of hydrogen-bond acceptors (Lipinski definition) is 3. The molecule has 3 nitrogen and oxygen atoms in total. The van der Waals surface area contributed by atoms with Crippen LogP contribution in [0.15, 0.2) is 0 Å². The number of carbonyl (C=O) groups is 1. The highest BCUT2D eigenvalue weighted by atomic mass is 16.5. The van der Waals surface area contributed by atoms with E-state index in [-0.39, 0.29) is 17.9 Å². The molecule has 2 unspecified atom stereocenters. The minimum atomic E-state index is -0.0904. The second kappa shape index (κ2) is 4.45. The van der Waals surface area contributed by atoms with E-state index in [2.05, 4.69) is 0 Å². The van der Waals surface area contributed by atoms with Crippen LogP contribution in [0.3, 0.4) is 0 Å². The van der Waals surface area contributed by atoms with E-state index in [0.717, 1.165) is 32.1 Å². The Bertz CT molecular complexity index is 159. The summed E-state index contributed by atoms with van der Waals surface area (Å²) in [7, 11) is 1.44. The molecular weight excluding hydrogens is 154 g/mol. The molecule has 1 aliphatic rings. The van der Waals surface area contributed by atoms with Crippen molar-refractivity contribution < 1.29 is 9.53 Å². The molecule has 0 aromatic heterocycles. The van der Waals surface area contributed by atoms with Gasteiger partial charge in [0.15, 0.2) is 0 Å². The van der Waals surface area contributed by atoms with Gasteiger partial charge >= 0.3 is 5.97 Å². The molecule has 0 bridgehead atoms. The fourth-order valence-electron chi connectivity index (χ4n) is 1.78. The summed E-state index contributed by atoms with van der Waals surface area (Å²) in [5, 5.41) is 0. The Morgan fingerprint density at radius 1 is 1.42 bits per heavy atom. The highest BCUT2D eigenvalue weighted by Gasteiger charge is 2.23. The first-order chi connectivity index (χ1) is 5.74. The number of methoxy groups -OCH3 is 1. The first kappa shape index (κ1) is 9.52. The zero-order chi connectivity index (χ0) is 8.97. The monoisotopic (exact) mass is 171 g/mol. The van der Waals surface area contributed by atoms with Crippen LogP contribution >= 0.6 is 0 Å². The Morgan fingerprint density at radius 3 is 2.75 bits per heavy atom. The zero-order valence-electron chi connectivity index (χ0n) is 7.58. The summed E-state index contributed by atoms with van der Waals surface area (Å²) >= 11 is 0. The number of hydrogen-bond donors (Lipinski definition) is 1. The summed E-state index contributed by atoms with van der Waals surface area (Å²) in [6.07, 6.45) is 5.04. The molecule has 0 heterocycles. The highest BCUT2D eigenvalue weighted by molar-refractivity contribution is 5.72. The summed E-state index contributed by atoms with van der Waals surface area (Å²) in [5.41, 5.74) is 5.81. The van der Waals surface area contributed by atoms with E-state index in [1.807, 2.05) is 0 Å². The topological polar surface area (TPSA) is 52.3 Å². The molecule has 1 rings (SSSR count). The SMILES string of the molecule is COC(=O)C1CCCCC(N)C1. The lowest BCUT2D eigenvalue weighted by molar-refractivity contribution is -0.145. The van der Waals surface area contributed by atoms with E-state index >= 15 is 0 Å². The maximum atomic E-state index is 11.2. The van der Waals surface area contributed by atoms with Gasteiger partial charge in [0, 0.05) is 6.04 Å². The van der Waals surface area contributed by atoms with Crippen LogP contribution in [0.5, 0.6) is 0 Å². The Hall–Kier alpha value is -0.570. The van der Waals surface area contributed by atoms with Gasteiger partial charge in [0.25, 0.3) is 0 Å². The number of carbonyl (C=O) groups excluding carboxylic acids is 1. The number of ether oxygens (including phenoxy) is 1. The van der Waals surface area contributed by atoms with Gasteiger partial charge in [0.2, 0.25) is 0 Å². The Labute approximate surface area is 73.3 Å². The van der Waals surface area contributed by atoms with E-state index in [0.29, 0.717) is 0 Å². The molecule has 1 aliphatic carbocycles. The maximum Gasteiger partial charge on any atom is 0.308 e. The molecule has 0 aromatic carbocycles. The van der Waals surface area contributed by atoms with Crippen LogP contribution in [0.2, 0.25) is 0 Å². The van der Waals surface area contributed by atoms with Gasteiger partial charge in [-0.15, -0.1) is 0 Å². The van der Waals surface area contributed by atoms with Gasteiger partial charge < -0.3 is 10.5 Å². The minimum absolute atomic E-state index is 0.0486. The van der Waals surface area contributed by atoms with Gasteiger partial charge in [-0.05, 0) is 19.3 Å². The summed E-state index contributed by atoms with van der Waals surface area (Å²) < 4.78 is 4.70. The molecule has 12 heavy (non-hydrogen) atoms. The second-order valence-electron chi connectivity index (χ2n) is 3.50. The fraction of sp³-hybridized carbons (Fsp3) is 0.889. The van der Waals surface area contributed by atoms with Crippen molar-refractivity contribution in [1.29, 1.82) is 0 Å². The number of rotatable bonds is 1. The first-order valence-corrected chi connectivity index (χ1v) is 4.57. The largest absolute Gasteiger partial charge is 0.469 e. The molecule has 1 fully saturated rings. The van der Waals surface area contributed by atoms with Gasteiger partial charge in [0.1, 0.15) is 0 Å². The third-order valence-corrected chi connectivity index (χ3v) is 2.50. The smallest absolute Gasteiger partial charge is 0.308 e. The molecular formula is C9H17NO2. The molecule has 2 N–H and O–H groups in total. The van der Waals surface area contributed by atoms with Crippen LogP contribution in [0.4, 0.5) is 0 Å². The quantitative estimate of drug-likeness (QED) is 0.474.